The maximum atomic E-state index is 14.3. The molecule has 0 aliphatic carbocycles. The second-order valence-electron chi connectivity index (χ2n) is 11.2. The first-order chi connectivity index (χ1) is 21.4. The number of carbonyl (C=O) groups excluding carboxylic acids is 2. The molecule has 0 saturated carbocycles. The first-order valence-electron chi connectivity index (χ1n) is 14.3. The van der Waals surface area contributed by atoms with Gasteiger partial charge in [-0.05, 0) is 44.1 Å². The number of aliphatic hydroxyl groups excluding tert-OH is 1. The molecule has 15 heteroatoms. The number of sulfonamides is 1. The highest BCUT2D eigenvalue weighted by molar-refractivity contribution is 7.89. The predicted molar refractivity (Wildman–Crippen MR) is 170 cm³/mol. The van der Waals surface area contributed by atoms with Crippen LogP contribution < -0.4 is 10.6 Å². The molecule has 0 fully saturated rings. The molecule has 2 unspecified atom stereocenters. The van der Waals surface area contributed by atoms with Crippen molar-refractivity contribution in [1.82, 2.24) is 24.5 Å². The number of hydrogen-bond acceptors (Lipinski definition) is 11. The molecule has 0 aliphatic heterocycles. The van der Waals surface area contributed by atoms with E-state index in [2.05, 4.69) is 20.6 Å². The van der Waals surface area contributed by atoms with Crippen molar-refractivity contribution >= 4 is 50.5 Å². The van der Waals surface area contributed by atoms with Crippen molar-refractivity contribution in [2.45, 2.75) is 43.9 Å². The van der Waals surface area contributed by atoms with Gasteiger partial charge in [0.1, 0.15) is 12.1 Å². The van der Waals surface area contributed by atoms with E-state index in [1.807, 2.05) is 44.2 Å². The van der Waals surface area contributed by atoms with Gasteiger partial charge in [0.2, 0.25) is 15.9 Å². The van der Waals surface area contributed by atoms with Gasteiger partial charge in [-0.25, -0.2) is 13.2 Å². The number of rotatable bonds is 15. The molecule has 0 aliphatic rings. The summed E-state index contributed by atoms with van der Waals surface area (Å²) in [6.07, 6.45) is -0.265. The summed E-state index contributed by atoms with van der Waals surface area (Å²) >= 11 is 1.34. The Balaban J connectivity index is 1.60. The Morgan fingerprint density at radius 3 is 2.56 bits per heavy atom. The molecule has 2 heterocycles. The number of aliphatic hydroxyl groups is 1. The summed E-state index contributed by atoms with van der Waals surface area (Å²) in [6.45, 7) is 3.75. The highest BCUT2D eigenvalue weighted by Crippen LogP contribution is 2.28. The molecule has 2 aromatic carbocycles. The Hall–Kier alpha value is -3.89. The smallest absolute Gasteiger partial charge is 0.407 e. The van der Waals surface area contributed by atoms with Crippen LogP contribution in [0, 0.1) is 5.92 Å². The van der Waals surface area contributed by atoms with Crippen molar-refractivity contribution in [2.24, 2.45) is 5.92 Å². The zero-order chi connectivity index (χ0) is 32.6. The minimum Gasteiger partial charge on any atom is -0.444 e. The van der Waals surface area contributed by atoms with E-state index in [0.29, 0.717) is 5.52 Å². The minimum atomic E-state index is -4.22. The summed E-state index contributed by atoms with van der Waals surface area (Å²) in [5.41, 5.74) is 2.97. The lowest BCUT2D eigenvalue weighted by molar-refractivity contribution is -0.116. The van der Waals surface area contributed by atoms with Crippen LogP contribution in [0.4, 0.5) is 10.8 Å². The van der Waals surface area contributed by atoms with E-state index in [4.69, 9.17) is 9.15 Å². The molecule has 45 heavy (non-hydrogen) atoms. The largest absolute Gasteiger partial charge is 0.444 e. The number of thiazole rings is 1. The average molecular weight is 659 g/mol. The lowest BCUT2D eigenvalue weighted by Gasteiger charge is -2.35. The minimum absolute atomic E-state index is 0.0268. The van der Waals surface area contributed by atoms with Gasteiger partial charge in [0.25, 0.3) is 0 Å². The summed E-state index contributed by atoms with van der Waals surface area (Å²) in [5, 5.41) is 16.6. The maximum Gasteiger partial charge on any atom is 0.407 e. The maximum absolute atomic E-state index is 14.3. The van der Waals surface area contributed by atoms with E-state index in [1.54, 1.807) is 30.7 Å². The number of amides is 2. The third-order valence-electron chi connectivity index (χ3n) is 6.60. The van der Waals surface area contributed by atoms with Crippen LogP contribution in [0.25, 0.3) is 11.1 Å². The number of alkyl carbamates (subject to hydrolysis) is 1. The summed E-state index contributed by atoms with van der Waals surface area (Å²) < 4.78 is 40.7. The van der Waals surface area contributed by atoms with Crippen molar-refractivity contribution in [2.75, 3.05) is 39.0 Å². The van der Waals surface area contributed by atoms with E-state index in [1.165, 1.54) is 33.8 Å². The number of nitrogens with zero attached hydrogens (tertiary/aromatic N) is 4. The Kier molecular flexibility index (Phi) is 11.6. The zero-order valence-electron chi connectivity index (χ0n) is 25.5. The third-order valence-corrected chi connectivity index (χ3v) is 9.24. The van der Waals surface area contributed by atoms with Gasteiger partial charge in [-0.3, -0.25) is 15.1 Å². The summed E-state index contributed by atoms with van der Waals surface area (Å²) in [4.78, 5) is 35.1. The zero-order valence-corrected chi connectivity index (χ0v) is 27.2. The van der Waals surface area contributed by atoms with Gasteiger partial charge in [-0.2, -0.15) is 9.29 Å². The van der Waals surface area contributed by atoms with Gasteiger partial charge in [-0.1, -0.05) is 44.2 Å². The molecule has 0 radical (unpaired) electrons. The van der Waals surface area contributed by atoms with E-state index in [-0.39, 0.29) is 61.0 Å². The number of anilines is 1. The Labute approximate surface area is 266 Å². The normalized spacial score (nSPS) is 13.3. The second kappa shape index (κ2) is 15.4. The lowest BCUT2D eigenvalue weighted by Crippen LogP contribution is -2.52. The van der Waals surface area contributed by atoms with Gasteiger partial charge in [0, 0.05) is 25.4 Å². The van der Waals surface area contributed by atoms with Crippen molar-refractivity contribution < 1.29 is 32.3 Å². The number of benzene rings is 2. The first kappa shape index (κ1) is 34.0. The van der Waals surface area contributed by atoms with Gasteiger partial charge in [0.15, 0.2) is 5.58 Å². The summed E-state index contributed by atoms with van der Waals surface area (Å²) in [7, 11) is -0.719. The molecule has 0 spiro atoms. The molecule has 4 rings (SSSR count). The second-order valence-corrected chi connectivity index (χ2v) is 14.0. The molecule has 4 aromatic rings. The Bertz CT molecular complexity index is 1660. The monoisotopic (exact) mass is 658 g/mol. The van der Waals surface area contributed by atoms with Crippen LogP contribution in [-0.4, -0.2) is 90.6 Å². The topological polar surface area (TPSA) is 167 Å². The number of likely N-dealkylation sites (N-methyl/N-ethyl adjacent to an activating group) is 1. The van der Waals surface area contributed by atoms with Crippen LogP contribution in [0.5, 0.6) is 0 Å². The standard InChI is InChI=1S/C30H38N6O7S2/c1-20(2)16-36(45(40,41)23-10-11-24-27(13-23)43-29(33-24)34-28(38)17-35(3)4)25(12-21-8-6-5-7-9-21)26(37)15-32-30(39)42-18-22-14-31-19-44-22/h5-11,13-14,19-20,25-26,37H,12,15-18H2,1-4H3,(H,32,39)(H,33,34,38). The van der Waals surface area contributed by atoms with Crippen LogP contribution in [0.2, 0.25) is 0 Å². The lowest BCUT2D eigenvalue weighted by atomic mass is 10.0. The molecule has 13 nitrogen and oxygen atoms in total. The van der Waals surface area contributed by atoms with Gasteiger partial charge >= 0.3 is 12.1 Å². The van der Waals surface area contributed by atoms with Crippen LogP contribution in [0.3, 0.4) is 0 Å². The van der Waals surface area contributed by atoms with Crippen molar-refractivity contribution in [3.63, 3.8) is 0 Å². The molecule has 0 saturated heterocycles. The van der Waals surface area contributed by atoms with Crippen LogP contribution in [0.15, 0.2) is 69.6 Å². The number of ether oxygens (including phenoxy) is 1. The molecule has 2 atom stereocenters. The van der Waals surface area contributed by atoms with Crippen molar-refractivity contribution in [1.29, 1.82) is 0 Å². The molecular weight excluding hydrogens is 620 g/mol. The number of oxazole rings is 1. The van der Waals surface area contributed by atoms with Crippen LogP contribution in [0.1, 0.15) is 24.3 Å². The molecule has 242 valence electrons. The quantitative estimate of drug-likeness (QED) is 0.172. The van der Waals surface area contributed by atoms with Crippen molar-refractivity contribution in [3.05, 3.63) is 70.7 Å². The number of nitrogens with one attached hydrogen (secondary N) is 2. The number of hydrogen-bond donors (Lipinski definition) is 3. The van der Waals surface area contributed by atoms with Crippen molar-refractivity contribution in [3.8, 4) is 0 Å². The fraction of sp³-hybridized carbons (Fsp3) is 0.400. The molecule has 3 N–H and O–H groups in total. The molecule has 2 amide bonds. The van der Waals surface area contributed by atoms with Gasteiger partial charge < -0.3 is 24.5 Å². The van der Waals surface area contributed by atoms with E-state index >= 15 is 0 Å². The highest BCUT2D eigenvalue weighted by atomic mass is 32.2. The first-order valence-corrected chi connectivity index (χ1v) is 16.6. The molecular formula is C30H38N6O7S2. The van der Waals surface area contributed by atoms with Crippen LogP contribution >= 0.6 is 11.3 Å². The predicted octanol–water partition coefficient (Wildman–Crippen LogP) is 3.33. The van der Waals surface area contributed by atoms with E-state index in [0.717, 1.165) is 10.4 Å². The fourth-order valence-electron chi connectivity index (χ4n) is 4.58. The fourth-order valence-corrected chi connectivity index (χ4v) is 6.92. The molecule has 2 aromatic heterocycles. The highest BCUT2D eigenvalue weighted by Gasteiger charge is 2.37. The summed E-state index contributed by atoms with van der Waals surface area (Å²) in [5.74, 6) is -0.434. The summed E-state index contributed by atoms with van der Waals surface area (Å²) in [6, 6.07) is 12.5. The SMILES string of the molecule is CC(C)CN(C(Cc1ccccc1)C(O)CNC(=O)OCc1cncs1)S(=O)(=O)c1ccc2nc(NC(=O)CN(C)C)oc2c1. The van der Waals surface area contributed by atoms with Gasteiger partial charge in [0.05, 0.1) is 34.0 Å². The van der Waals surface area contributed by atoms with E-state index < -0.39 is 28.3 Å². The average Bonchev–Trinajstić information content (AvgIpc) is 3.65. The number of aromatic nitrogens is 2. The Morgan fingerprint density at radius 2 is 1.89 bits per heavy atom. The number of fused-ring (bicyclic) bond motifs is 1. The van der Waals surface area contributed by atoms with Crippen LogP contribution in [-0.2, 0) is 32.6 Å². The molecule has 0 bridgehead atoms. The van der Waals surface area contributed by atoms with Gasteiger partial charge in [-0.15, -0.1) is 11.3 Å². The van der Waals surface area contributed by atoms with E-state index in [9.17, 15) is 23.1 Å². The Morgan fingerprint density at radius 1 is 1.13 bits per heavy atom. The third kappa shape index (κ3) is 9.55. The number of carbonyl (C=O) groups is 2.